The maximum absolute atomic E-state index is 14.2. The zero-order valence-corrected chi connectivity index (χ0v) is 13.8. The van der Waals surface area contributed by atoms with Crippen LogP contribution >= 0.6 is 0 Å². The highest BCUT2D eigenvalue weighted by Crippen LogP contribution is 2.26. The minimum Gasteiger partial charge on any atom is -0.369 e. The summed E-state index contributed by atoms with van der Waals surface area (Å²) in [7, 11) is 0. The van der Waals surface area contributed by atoms with Gasteiger partial charge in [0, 0.05) is 26.2 Å². The van der Waals surface area contributed by atoms with Crippen molar-refractivity contribution in [3.63, 3.8) is 0 Å². The molecule has 0 saturated carbocycles. The fourth-order valence-corrected chi connectivity index (χ4v) is 3.11. The maximum Gasteiger partial charge on any atom is 0.146 e. The summed E-state index contributed by atoms with van der Waals surface area (Å²) in [6.45, 7) is 5.77. The molecule has 2 nitrogen and oxygen atoms in total. The Bertz CT molecular complexity index is 619. The van der Waals surface area contributed by atoms with Crippen molar-refractivity contribution in [1.29, 1.82) is 0 Å². The number of nitrogens with zero attached hydrogens (tertiary/aromatic N) is 1. The summed E-state index contributed by atoms with van der Waals surface area (Å²) in [4.78, 5) is 2.19. The first-order chi connectivity index (χ1) is 11.2. The van der Waals surface area contributed by atoms with E-state index in [0.717, 1.165) is 56.2 Å². The fraction of sp³-hybridized carbons (Fsp3) is 0.400. The average Bonchev–Trinajstić information content (AvgIpc) is 2.58. The molecule has 0 bridgehead atoms. The van der Waals surface area contributed by atoms with Gasteiger partial charge in [-0.3, -0.25) is 0 Å². The number of hydrogen-bond acceptors (Lipinski definition) is 2. The Morgan fingerprint density at radius 1 is 1.00 bits per heavy atom. The molecule has 0 atom stereocenters. The molecule has 0 unspecified atom stereocenters. The van der Waals surface area contributed by atoms with Gasteiger partial charge in [-0.05, 0) is 42.0 Å². The van der Waals surface area contributed by atoms with Crippen LogP contribution in [0.1, 0.15) is 30.9 Å². The van der Waals surface area contributed by atoms with E-state index in [4.69, 9.17) is 0 Å². The summed E-state index contributed by atoms with van der Waals surface area (Å²) in [6, 6.07) is 15.8. The zero-order valence-electron chi connectivity index (χ0n) is 13.8. The van der Waals surface area contributed by atoms with E-state index in [-0.39, 0.29) is 5.82 Å². The monoisotopic (exact) mass is 312 g/mol. The van der Waals surface area contributed by atoms with Crippen molar-refractivity contribution >= 4 is 5.69 Å². The Hall–Kier alpha value is -1.87. The molecule has 1 fully saturated rings. The van der Waals surface area contributed by atoms with Crippen molar-refractivity contribution in [1.82, 2.24) is 5.32 Å². The molecule has 0 amide bonds. The molecule has 1 N–H and O–H groups in total. The normalized spacial score (nSPS) is 15.8. The average molecular weight is 312 g/mol. The molecule has 23 heavy (non-hydrogen) atoms. The molecule has 3 rings (SSSR count). The van der Waals surface area contributed by atoms with Gasteiger partial charge in [-0.15, -0.1) is 0 Å². The number of hydrogen-bond donors (Lipinski definition) is 1. The van der Waals surface area contributed by atoms with Gasteiger partial charge in [0.2, 0.25) is 0 Å². The maximum atomic E-state index is 14.2. The molecule has 3 heteroatoms. The molecule has 0 aromatic heterocycles. The van der Waals surface area contributed by atoms with Crippen LogP contribution in [-0.2, 0) is 13.1 Å². The lowest BCUT2D eigenvalue weighted by Crippen LogP contribution is -2.33. The van der Waals surface area contributed by atoms with E-state index >= 15 is 0 Å². The number of rotatable bonds is 5. The Balaban J connectivity index is 1.61. The highest BCUT2D eigenvalue weighted by Gasteiger charge is 2.18. The van der Waals surface area contributed by atoms with Crippen LogP contribution in [0, 0.1) is 11.7 Å². The summed E-state index contributed by atoms with van der Waals surface area (Å²) in [5.41, 5.74) is 3.16. The van der Waals surface area contributed by atoms with Gasteiger partial charge in [-0.25, -0.2) is 4.39 Å². The lowest BCUT2D eigenvalue weighted by atomic mass is 9.98. The van der Waals surface area contributed by atoms with Crippen LogP contribution in [0.15, 0.2) is 48.5 Å². The van der Waals surface area contributed by atoms with Crippen molar-refractivity contribution in [3.05, 3.63) is 65.5 Å². The number of nitrogens with one attached hydrogen (secondary N) is 1. The number of piperidine rings is 1. The predicted molar refractivity (Wildman–Crippen MR) is 94.0 cm³/mol. The van der Waals surface area contributed by atoms with E-state index in [1.165, 1.54) is 5.56 Å². The van der Waals surface area contributed by atoms with Gasteiger partial charge in [0.15, 0.2) is 0 Å². The lowest BCUT2D eigenvalue weighted by Gasteiger charge is -2.32. The van der Waals surface area contributed by atoms with E-state index < -0.39 is 0 Å². The van der Waals surface area contributed by atoms with Crippen molar-refractivity contribution in [2.45, 2.75) is 32.9 Å². The smallest absolute Gasteiger partial charge is 0.146 e. The molecule has 2 aromatic rings. The van der Waals surface area contributed by atoms with Crippen LogP contribution in [0.25, 0.3) is 0 Å². The molecule has 0 spiro atoms. The third kappa shape index (κ3) is 4.32. The topological polar surface area (TPSA) is 15.3 Å². The van der Waals surface area contributed by atoms with Gasteiger partial charge in [0.05, 0.1) is 5.69 Å². The molecule has 1 aliphatic rings. The molecular formula is C20H25FN2. The van der Waals surface area contributed by atoms with Crippen LogP contribution in [-0.4, -0.2) is 13.1 Å². The van der Waals surface area contributed by atoms with E-state index in [9.17, 15) is 4.39 Å². The van der Waals surface area contributed by atoms with Gasteiger partial charge in [0.25, 0.3) is 0 Å². The summed E-state index contributed by atoms with van der Waals surface area (Å²) in [5, 5.41) is 3.43. The van der Waals surface area contributed by atoms with Crippen LogP contribution in [0.2, 0.25) is 0 Å². The van der Waals surface area contributed by atoms with Crippen LogP contribution < -0.4 is 10.2 Å². The second-order valence-corrected chi connectivity index (χ2v) is 6.54. The molecule has 1 saturated heterocycles. The molecule has 2 aromatic carbocycles. The first kappa shape index (κ1) is 16.0. The van der Waals surface area contributed by atoms with Gasteiger partial charge in [-0.1, -0.05) is 43.3 Å². The Labute approximate surface area is 138 Å². The third-order valence-electron chi connectivity index (χ3n) is 4.64. The summed E-state index contributed by atoms with van der Waals surface area (Å²) in [5.74, 6) is 0.649. The van der Waals surface area contributed by atoms with Crippen LogP contribution in [0.4, 0.5) is 10.1 Å². The molecule has 122 valence electrons. The van der Waals surface area contributed by atoms with Gasteiger partial charge in [-0.2, -0.15) is 0 Å². The second kappa shape index (κ2) is 7.60. The molecular weight excluding hydrogens is 287 g/mol. The number of anilines is 1. The Morgan fingerprint density at radius 2 is 1.70 bits per heavy atom. The van der Waals surface area contributed by atoms with E-state index in [0.29, 0.717) is 0 Å². The van der Waals surface area contributed by atoms with Gasteiger partial charge < -0.3 is 10.2 Å². The largest absolute Gasteiger partial charge is 0.369 e. The minimum absolute atomic E-state index is 0.105. The molecule has 0 radical (unpaired) electrons. The van der Waals surface area contributed by atoms with Gasteiger partial charge in [0.1, 0.15) is 5.82 Å². The highest BCUT2D eigenvalue weighted by atomic mass is 19.1. The Kier molecular flexibility index (Phi) is 5.29. The summed E-state index contributed by atoms with van der Waals surface area (Å²) < 4.78 is 14.2. The predicted octanol–water partition coefficient (Wildman–Crippen LogP) is 4.35. The third-order valence-corrected chi connectivity index (χ3v) is 4.64. The van der Waals surface area contributed by atoms with Crippen molar-refractivity contribution in [2.75, 3.05) is 18.0 Å². The van der Waals surface area contributed by atoms with E-state index in [1.807, 2.05) is 30.3 Å². The fourth-order valence-electron chi connectivity index (χ4n) is 3.11. The van der Waals surface area contributed by atoms with Crippen LogP contribution in [0.3, 0.4) is 0 Å². The van der Waals surface area contributed by atoms with E-state index in [2.05, 4.69) is 29.3 Å². The van der Waals surface area contributed by atoms with Crippen molar-refractivity contribution in [2.24, 2.45) is 5.92 Å². The lowest BCUT2D eigenvalue weighted by molar-refractivity contribution is 0.434. The molecule has 1 heterocycles. The summed E-state index contributed by atoms with van der Waals surface area (Å²) in [6.07, 6.45) is 2.30. The standard InChI is InChI=1S/C20H25FN2/c1-16-9-11-23(12-10-16)20-13-18(7-8-19(20)21)15-22-14-17-5-3-2-4-6-17/h2-8,13,16,22H,9-12,14-15H2,1H3. The zero-order chi connectivity index (χ0) is 16.1. The SMILES string of the molecule is CC1CCN(c2cc(CNCc3ccccc3)ccc2F)CC1. The molecule has 0 aliphatic carbocycles. The minimum atomic E-state index is -0.105. The first-order valence-corrected chi connectivity index (χ1v) is 8.50. The van der Waals surface area contributed by atoms with Crippen LogP contribution in [0.5, 0.6) is 0 Å². The molecule has 1 aliphatic heterocycles. The Morgan fingerprint density at radius 3 is 2.43 bits per heavy atom. The second-order valence-electron chi connectivity index (χ2n) is 6.54. The number of halogens is 1. The van der Waals surface area contributed by atoms with Gasteiger partial charge >= 0.3 is 0 Å². The summed E-state index contributed by atoms with van der Waals surface area (Å²) >= 11 is 0. The first-order valence-electron chi connectivity index (χ1n) is 8.50. The highest BCUT2D eigenvalue weighted by molar-refractivity contribution is 5.50. The van der Waals surface area contributed by atoms with Crippen molar-refractivity contribution < 1.29 is 4.39 Å². The quantitative estimate of drug-likeness (QED) is 0.883. The number of benzene rings is 2. The van der Waals surface area contributed by atoms with E-state index in [1.54, 1.807) is 6.07 Å². The van der Waals surface area contributed by atoms with Crippen molar-refractivity contribution in [3.8, 4) is 0 Å².